The Hall–Kier alpha value is -3.66. The molecule has 0 fully saturated rings. The number of carbonyl (C=O) groups is 1. The molecule has 3 aromatic carbocycles. The zero-order chi connectivity index (χ0) is 20.4. The number of aromatic nitrogens is 1. The predicted octanol–water partition coefficient (Wildman–Crippen LogP) is 5.78. The first-order chi connectivity index (χ1) is 14.1. The number of nitrogens with zero attached hydrogens (tertiary/aromatic N) is 1. The van der Waals surface area contributed by atoms with Gasteiger partial charge in [-0.3, -0.25) is 4.79 Å². The summed E-state index contributed by atoms with van der Waals surface area (Å²) in [5.41, 5.74) is 6.02. The number of ether oxygens (including phenoxy) is 1. The van der Waals surface area contributed by atoms with Crippen LogP contribution < -0.4 is 10.1 Å². The van der Waals surface area contributed by atoms with Gasteiger partial charge in [0, 0.05) is 16.6 Å². The highest BCUT2D eigenvalue weighted by molar-refractivity contribution is 6.13. The second kappa shape index (κ2) is 7.76. The molecule has 0 saturated heterocycles. The van der Waals surface area contributed by atoms with Crippen molar-refractivity contribution >= 4 is 22.5 Å². The molecule has 4 heteroatoms. The van der Waals surface area contributed by atoms with Crippen LogP contribution in [0.4, 0.5) is 5.69 Å². The van der Waals surface area contributed by atoms with Gasteiger partial charge in [0.2, 0.25) is 0 Å². The number of hydrogen-bond acceptors (Lipinski definition) is 3. The number of pyridine rings is 1. The smallest absolute Gasteiger partial charge is 0.256 e. The fourth-order valence-electron chi connectivity index (χ4n) is 3.37. The zero-order valence-electron chi connectivity index (χ0n) is 16.7. The maximum absolute atomic E-state index is 13.2. The molecule has 1 aromatic heterocycles. The summed E-state index contributed by atoms with van der Waals surface area (Å²) in [4.78, 5) is 18.0. The van der Waals surface area contributed by atoms with Gasteiger partial charge in [-0.15, -0.1) is 0 Å². The first-order valence-corrected chi connectivity index (χ1v) is 9.48. The molecule has 4 rings (SSSR count). The fraction of sp³-hybridized carbons (Fsp3) is 0.120. The van der Waals surface area contributed by atoms with Crippen molar-refractivity contribution in [1.82, 2.24) is 4.98 Å². The van der Waals surface area contributed by atoms with Crippen LogP contribution in [0.25, 0.3) is 22.2 Å². The van der Waals surface area contributed by atoms with E-state index in [1.807, 2.05) is 86.6 Å². The molecule has 0 saturated carbocycles. The van der Waals surface area contributed by atoms with Crippen molar-refractivity contribution in [3.05, 3.63) is 89.5 Å². The van der Waals surface area contributed by atoms with Gasteiger partial charge in [-0.1, -0.05) is 42.5 Å². The minimum Gasteiger partial charge on any atom is -0.497 e. The Morgan fingerprint density at radius 3 is 2.55 bits per heavy atom. The molecule has 0 spiro atoms. The topological polar surface area (TPSA) is 51.2 Å². The highest BCUT2D eigenvalue weighted by atomic mass is 16.5. The van der Waals surface area contributed by atoms with E-state index < -0.39 is 0 Å². The molecule has 1 N–H and O–H groups in total. The van der Waals surface area contributed by atoms with Crippen molar-refractivity contribution in [2.45, 2.75) is 13.8 Å². The van der Waals surface area contributed by atoms with Gasteiger partial charge in [0.15, 0.2) is 0 Å². The Kier molecular flexibility index (Phi) is 5.00. The summed E-state index contributed by atoms with van der Waals surface area (Å²) in [6.07, 6.45) is 0. The van der Waals surface area contributed by atoms with E-state index >= 15 is 0 Å². The number of benzene rings is 3. The second-order valence-corrected chi connectivity index (χ2v) is 7.01. The van der Waals surface area contributed by atoms with Gasteiger partial charge in [0.1, 0.15) is 5.75 Å². The maximum atomic E-state index is 13.2. The molecule has 0 aliphatic heterocycles. The van der Waals surface area contributed by atoms with Crippen LogP contribution in [-0.2, 0) is 0 Å². The summed E-state index contributed by atoms with van der Waals surface area (Å²) >= 11 is 0. The van der Waals surface area contributed by atoms with E-state index in [9.17, 15) is 4.79 Å². The standard InChI is InChI=1S/C25H22N2O2/c1-16-8-6-13-22(17(16)2)27-25(28)21-15-24(18-9-7-10-19(14-18)29-3)26-23-12-5-4-11-20(21)23/h4-15H,1-3H3,(H,27,28). The van der Waals surface area contributed by atoms with Crippen LogP contribution >= 0.6 is 0 Å². The lowest BCUT2D eigenvalue weighted by molar-refractivity contribution is 0.102. The van der Waals surface area contributed by atoms with Gasteiger partial charge in [-0.25, -0.2) is 4.98 Å². The van der Waals surface area contributed by atoms with E-state index in [1.165, 1.54) is 0 Å². The predicted molar refractivity (Wildman–Crippen MR) is 118 cm³/mol. The summed E-state index contributed by atoms with van der Waals surface area (Å²) in [5.74, 6) is 0.597. The Morgan fingerprint density at radius 1 is 0.931 bits per heavy atom. The fourth-order valence-corrected chi connectivity index (χ4v) is 3.37. The number of rotatable bonds is 4. The van der Waals surface area contributed by atoms with Gasteiger partial charge < -0.3 is 10.1 Å². The molecule has 0 atom stereocenters. The van der Waals surface area contributed by atoms with Crippen LogP contribution in [0.5, 0.6) is 5.75 Å². The molecule has 4 nitrogen and oxygen atoms in total. The number of amides is 1. The quantitative estimate of drug-likeness (QED) is 0.487. The van der Waals surface area contributed by atoms with E-state index in [0.717, 1.165) is 44.7 Å². The van der Waals surface area contributed by atoms with E-state index in [-0.39, 0.29) is 5.91 Å². The molecule has 0 aliphatic carbocycles. The zero-order valence-corrected chi connectivity index (χ0v) is 16.7. The van der Waals surface area contributed by atoms with Crippen LogP contribution in [0.15, 0.2) is 72.8 Å². The molecule has 29 heavy (non-hydrogen) atoms. The molecule has 4 aromatic rings. The van der Waals surface area contributed by atoms with Crippen molar-refractivity contribution in [2.24, 2.45) is 0 Å². The van der Waals surface area contributed by atoms with Crippen molar-refractivity contribution in [3.8, 4) is 17.0 Å². The molecule has 0 radical (unpaired) electrons. The van der Waals surface area contributed by atoms with Crippen LogP contribution in [0, 0.1) is 13.8 Å². The minimum atomic E-state index is -0.151. The lowest BCUT2D eigenvalue weighted by Gasteiger charge is -2.13. The molecule has 144 valence electrons. The number of para-hydroxylation sites is 1. The summed E-state index contributed by atoms with van der Waals surface area (Å²) in [6, 6.07) is 23.1. The molecule has 0 aliphatic rings. The van der Waals surface area contributed by atoms with Crippen LogP contribution in [0.1, 0.15) is 21.5 Å². The van der Waals surface area contributed by atoms with Crippen LogP contribution in [0.3, 0.4) is 0 Å². The van der Waals surface area contributed by atoms with Gasteiger partial charge in [-0.05, 0) is 55.3 Å². The van der Waals surface area contributed by atoms with Crippen molar-refractivity contribution < 1.29 is 9.53 Å². The first kappa shape index (κ1) is 18.7. The molecule has 1 heterocycles. The molecular weight excluding hydrogens is 360 g/mol. The number of aryl methyl sites for hydroxylation is 1. The molecule has 0 bridgehead atoms. The van der Waals surface area contributed by atoms with Gasteiger partial charge >= 0.3 is 0 Å². The normalized spacial score (nSPS) is 10.7. The van der Waals surface area contributed by atoms with Crippen molar-refractivity contribution in [2.75, 3.05) is 12.4 Å². The second-order valence-electron chi connectivity index (χ2n) is 7.01. The van der Waals surface area contributed by atoms with Crippen molar-refractivity contribution in [3.63, 3.8) is 0 Å². The first-order valence-electron chi connectivity index (χ1n) is 9.48. The molecular formula is C25H22N2O2. The number of nitrogens with one attached hydrogen (secondary N) is 1. The van der Waals surface area contributed by atoms with E-state index in [4.69, 9.17) is 9.72 Å². The lowest BCUT2D eigenvalue weighted by Crippen LogP contribution is -2.14. The van der Waals surface area contributed by atoms with Crippen LogP contribution in [0.2, 0.25) is 0 Å². The average molecular weight is 382 g/mol. The maximum Gasteiger partial charge on any atom is 0.256 e. The Bertz CT molecular complexity index is 1210. The summed E-state index contributed by atoms with van der Waals surface area (Å²) in [5, 5.41) is 3.89. The van der Waals surface area contributed by atoms with Crippen molar-refractivity contribution in [1.29, 1.82) is 0 Å². The summed E-state index contributed by atoms with van der Waals surface area (Å²) in [6.45, 7) is 4.05. The number of hydrogen-bond donors (Lipinski definition) is 1. The Balaban J connectivity index is 1.82. The number of methoxy groups -OCH3 is 1. The molecule has 1 amide bonds. The van der Waals surface area contributed by atoms with Crippen LogP contribution in [-0.4, -0.2) is 18.0 Å². The third-order valence-electron chi connectivity index (χ3n) is 5.18. The SMILES string of the molecule is COc1cccc(-c2cc(C(=O)Nc3cccc(C)c3C)c3ccccc3n2)c1. The van der Waals surface area contributed by atoms with Gasteiger partial charge in [0.25, 0.3) is 5.91 Å². The van der Waals surface area contributed by atoms with Gasteiger partial charge in [0.05, 0.1) is 23.9 Å². The summed E-state index contributed by atoms with van der Waals surface area (Å²) < 4.78 is 5.34. The minimum absolute atomic E-state index is 0.151. The molecule has 0 unspecified atom stereocenters. The lowest BCUT2D eigenvalue weighted by atomic mass is 10.0. The van der Waals surface area contributed by atoms with E-state index in [1.54, 1.807) is 7.11 Å². The summed E-state index contributed by atoms with van der Waals surface area (Å²) in [7, 11) is 1.63. The third-order valence-corrected chi connectivity index (χ3v) is 5.18. The van der Waals surface area contributed by atoms with Gasteiger partial charge in [-0.2, -0.15) is 0 Å². The number of anilines is 1. The van der Waals surface area contributed by atoms with E-state index in [0.29, 0.717) is 5.56 Å². The Morgan fingerprint density at radius 2 is 1.72 bits per heavy atom. The highest BCUT2D eigenvalue weighted by Gasteiger charge is 2.15. The number of carbonyl (C=O) groups excluding carboxylic acids is 1. The van der Waals surface area contributed by atoms with E-state index in [2.05, 4.69) is 5.32 Å². The Labute approximate surface area is 170 Å². The largest absolute Gasteiger partial charge is 0.497 e. The monoisotopic (exact) mass is 382 g/mol. The average Bonchev–Trinajstić information content (AvgIpc) is 2.76. The number of fused-ring (bicyclic) bond motifs is 1. The third kappa shape index (κ3) is 3.69. The highest BCUT2D eigenvalue weighted by Crippen LogP contribution is 2.28.